The maximum atomic E-state index is 9.03. The average Bonchev–Trinajstić information content (AvgIpc) is 2.50. The van der Waals surface area contributed by atoms with Gasteiger partial charge in [-0.3, -0.25) is 0 Å². The van der Waals surface area contributed by atoms with Crippen LogP contribution in [0.15, 0.2) is 47.6 Å². The van der Waals surface area contributed by atoms with Gasteiger partial charge in [0.2, 0.25) is 0 Å². The maximum Gasteiger partial charge on any atom is 0.172 e. The van der Waals surface area contributed by atoms with Crippen molar-refractivity contribution in [1.82, 2.24) is 0 Å². The second-order valence-electron chi connectivity index (χ2n) is 5.04. The first-order valence-electron chi connectivity index (χ1n) is 7.00. The van der Waals surface area contributed by atoms with Crippen molar-refractivity contribution in [2.75, 3.05) is 11.4 Å². The van der Waals surface area contributed by atoms with Gasteiger partial charge in [0.25, 0.3) is 0 Å². The van der Waals surface area contributed by atoms with E-state index in [0.29, 0.717) is 0 Å². The molecule has 4 heteroatoms. The summed E-state index contributed by atoms with van der Waals surface area (Å²) in [7, 11) is 0. The summed E-state index contributed by atoms with van der Waals surface area (Å²) in [6.07, 6.45) is 0. The molecule has 0 saturated carbocycles. The van der Waals surface area contributed by atoms with E-state index in [4.69, 9.17) is 10.9 Å². The Balaban J connectivity index is 2.61. The maximum absolute atomic E-state index is 9.03. The largest absolute Gasteiger partial charge is 0.409 e. The zero-order valence-corrected chi connectivity index (χ0v) is 12.7. The molecule has 4 nitrogen and oxygen atoms in total. The van der Waals surface area contributed by atoms with Crippen LogP contribution in [0.5, 0.6) is 0 Å². The van der Waals surface area contributed by atoms with Gasteiger partial charge >= 0.3 is 0 Å². The van der Waals surface area contributed by atoms with Gasteiger partial charge in [-0.2, -0.15) is 0 Å². The van der Waals surface area contributed by atoms with Gasteiger partial charge in [-0.15, -0.1) is 0 Å². The highest BCUT2D eigenvalue weighted by molar-refractivity contribution is 6.03. The van der Waals surface area contributed by atoms with Gasteiger partial charge in [-0.25, -0.2) is 0 Å². The minimum Gasteiger partial charge on any atom is -0.409 e. The SMILES string of the molecule is CCN(c1ccccc1C)c1ccc(C)cc1/C(N)=N/O. The molecule has 0 spiro atoms. The second kappa shape index (κ2) is 6.31. The molecule has 0 radical (unpaired) electrons. The second-order valence-corrected chi connectivity index (χ2v) is 5.04. The van der Waals surface area contributed by atoms with Crippen molar-refractivity contribution in [1.29, 1.82) is 0 Å². The monoisotopic (exact) mass is 283 g/mol. The van der Waals surface area contributed by atoms with Gasteiger partial charge in [-0.05, 0) is 44.5 Å². The van der Waals surface area contributed by atoms with Crippen molar-refractivity contribution in [2.24, 2.45) is 10.9 Å². The summed E-state index contributed by atoms with van der Waals surface area (Å²) in [5.41, 5.74) is 10.9. The molecule has 0 bridgehead atoms. The lowest BCUT2D eigenvalue weighted by Gasteiger charge is -2.27. The Kier molecular flexibility index (Phi) is 4.48. The molecule has 0 aliphatic rings. The average molecular weight is 283 g/mol. The van der Waals surface area contributed by atoms with Crippen LogP contribution in [0.25, 0.3) is 0 Å². The minimum absolute atomic E-state index is 0.126. The third-order valence-corrected chi connectivity index (χ3v) is 3.55. The van der Waals surface area contributed by atoms with E-state index in [0.717, 1.165) is 29.0 Å². The Morgan fingerprint density at radius 3 is 2.48 bits per heavy atom. The van der Waals surface area contributed by atoms with Crippen LogP contribution in [0.4, 0.5) is 11.4 Å². The number of anilines is 2. The Labute approximate surface area is 125 Å². The Morgan fingerprint density at radius 1 is 1.14 bits per heavy atom. The lowest BCUT2D eigenvalue weighted by Crippen LogP contribution is -2.23. The van der Waals surface area contributed by atoms with Gasteiger partial charge in [-0.1, -0.05) is 35.0 Å². The molecule has 0 saturated heterocycles. The highest BCUT2D eigenvalue weighted by atomic mass is 16.4. The van der Waals surface area contributed by atoms with Gasteiger partial charge in [0, 0.05) is 17.8 Å². The van der Waals surface area contributed by atoms with Gasteiger partial charge < -0.3 is 15.8 Å². The number of benzene rings is 2. The van der Waals surface area contributed by atoms with Crippen LogP contribution in [0, 0.1) is 13.8 Å². The molecule has 0 fully saturated rings. The van der Waals surface area contributed by atoms with Crippen LogP contribution in [-0.2, 0) is 0 Å². The zero-order valence-electron chi connectivity index (χ0n) is 12.7. The number of aryl methyl sites for hydroxylation is 2. The fourth-order valence-corrected chi connectivity index (χ4v) is 2.48. The molecule has 0 amide bonds. The number of oxime groups is 1. The number of hydrogen-bond acceptors (Lipinski definition) is 3. The lowest BCUT2D eigenvalue weighted by molar-refractivity contribution is 0.318. The Bertz CT molecular complexity index is 665. The summed E-state index contributed by atoms with van der Waals surface area (Å²) in [5, 5.41) is 12.2. The van der Waals surface area contributed by atoms with Crippen LogP contribution in [0.1, 0.15) is 23.6 Å². The normalized spacial score (nSPS) is 11.5. The van der Waals surface area contributed by atoms with E-state index in [1.165, 1.54) is 5.56 Å². The van der Waals surface area contributed by atoms with E-state index < -0.39 is 0 Å². The molecule has 0 unspecified atom stereocenters. The van der Waals surface area contributed by atoms with E-state index in [1.54, 1.807) is 0 Å². The van der Waals surface area contributed by atoms with E-state index in [1.807, 2.05) is 37.3 Å². The smallest absolute Gasteiger partial charge is 0.172 e. The first-order chi connectivity index (χ1) is 10.1. The summed E-state index contributed by atoms with van der Waals surface area (Å²) in [6.45, 7) is 6.94. The lowest BCUT2D eigenvalue weighted by atomic mass is 10.1. The van der Waals surface area contributed by atoms with Crippen LogP contribution >= 0.6 is 0 Å². The summed E-state index contributed by atoms with van der Waals surface area (Å²) in [5.74, 6) is 0.126. The predicted molar refractivity (Wildman–Crippen MR) is 87.5 cm³/mol. The predicted octanol–water partition coefficient (Wildman–Crippen LogP) is 3.56. The van der Waals surface area contributed by atoms with Crippen molar-refractivity contribution in [2.45, 2.75) is 20.8 Å². The summed E-state index contributed by atoms with van der Waals surface area (Å²) in [6, 6.07) is 14.2. The van der Waals surface area contributed by atoms with Crippen molar-refractivity contribution >= 4 is 17.2 Å². The molecule has 21 heavy (non-hydrogen) atoms. The molecular formula is C17H21N3O. The number of hydrogen-bond donors (Lipinski definition) is 2. The molecular weight excluding hydrogens is 262 g/mol. The van der Waals surface area contributed by atoms with Crippen molar-refractivity contribution in [3.8, 4) is 0 Å². The first kappa shape index (κ1) is 14.9. The number of rotatable bonds is 4. The highest BCUT2D eigenvalue weighted by Gasteiger charge is 2.16. The third-order valence-electron chi connectivity index (χ3n) is 3.55. The number of nitrogens with zero attached hydrogens (tertiary/aromatic N) is 2. The number of para-hydroxylation sites is 1. The molecule has 2 rings (SSSR count). The van der Waals surface area contributed by atoms with Crippen molar-refractivity contribution in [3.63, 3.8) is 0 Å². The molecule has 2 aromatic carbocycles. The molecule has 110 valence electrons. The molecule has 2 aromatic rings. The van der Waals surface area contributed by atoms with Gasteiger partial charge in [0.05, 0.1) is 5.69 Å². The third kappa shape index (κ3) is 2.99. The number of amidine groups is 1. The van der Waals surface area contributed by atoms with E-state index in [9.17, 15) is 0 Å². The van der Waals surface area contributed by atoms with Gasteiger partial charge in [0.15, 0.2) is 5.84 Å². The van der Waals surface area contributed by atoms with Gasteiger partial charge in [0.1, 0.15) is 0 Å². The highest BCUT2D eigenvalue weighted by Crippen LogP contribution is 2.31. The summed E-state index contributed by atoms with van der Waals surface area (Å²) >= 11 is 0. The standard InChI is InChI=1S/C17H21N3O/c1-4-20(15-8-6-5-7-13(15)3)16-10-9-12(2)11-14(16)17(18)19-21/h5-11,21H,4H2,1-3H3,(H2,18,19). The van der Waals surface area contributed by atoms with Crippen LogP contribution in [-0.4, -0.2) is 17.6 Å². The molecule has 0 heterocycles. The molecule has 0 aromatic heterocycles. The quantitative estimate of drug-likeness (QED) is 0.390. The Morgan fingerprint density at radius 2 is 1.86 bits per heavy atom. The van der Waals surface area contributed by atoms with Crippen molar-refractivity contribution < 1.29 is 5.21 Å². The van der Waals surface area contributed by atoms with Crippen LogP contribution in [0.3, 0.4) is 0 Å². The molecule has 0 aliphatic carbocycles. The summed E-state index contributed by atoms with van der Waals surface area (Å²) in [4.78, 5) is 2.17. The zero-order chi connectivity index (χ0) is 15.4. The Hall–Kier alpha value is -2.49. The number of nitrogens with two attached hydrogens (primary N) is 1. The molecule has 3 N–H and O–H groups in total. The fourth-order valence-electron chi connectivity index (χ4n) is 2.48. The van der Waals surface area contributed by atoms with E-state index in [2.05, 4.69) is 36.0 Å². The van der Waals surface area contributed by atoms with E-state index >= 15 is 0 Å². The first-order valence-corrected chi connectivity index (χ1v) is 7.00. The summed E-state index contributed by atoms with van der Waals surface area (Å²) < 4.78 is 0. The van der Waals surface area contributed by atoms with Crippen LogP contribution in [0.2, 0.25) is 0 Å². The van der Waals surface area contributed by atoms with E-state index in [-0.39, 0.29) is 5.84 Å². The van der Waals surface area contributed by atoms with Crippen LogP contribution < -0.4 is 10.6 Å². The van der Waals surface area contributed by atoms with Crippen molar-refractivity contribution in [3.05, 3.63) is 59.2 Å². The molecule has 0 atom stereocenters. The fraction of sp³-hybridized carbons (Fsp3) is 0.235. The molecule has 0 aliphatic heterocycles. The topological polar surface area (TPSA) is 61.8 Å². The minimum atomic E-state index is 0.126.